The van der Waals surface area contributed by atoms with Crippen LogP contribution in [0, 0.1) is 0 Å². The number of carboxylic acid groups (broad SMARTS) is 2. The van der Waals surface area contributed by atoms with E-state index >= 15 is 0 Å². The first-order valence-corrected chi connectivity index (χ1v) is 15.3. The number of carbonyl (C=O) groups is 2. The van der Waals surface area contributed by atoms with Gasteiger partial charge in [-0.2, -0.15) is 0 Å². The molecule has 4 aromatic rings. The van der Waals surface area contributed by atoms with E-state index in [9.17, 15) is 46.9 Å². The van der Waals surface area contributed by atoms with Crippen LogP contribution in [0.3, 0.4) is 0 Å². The Bertz CT molecular complexity index is 1650. The van der Waals surface area contributed by atoms with Crippen molar-refractivity contribution in [1.82, 2.24) is 0 Å². The Morgan fingerprint density at radius 3 is 1.38 bits per heavy atom. The molecule has 0 aliphatic heterocycles. The SMILES string of the molecule is O=C(O)c1cc(NS(=O)(=O)c2cccs2)cc(Cc2cc(NS(=O)(=O)c3cccs3)cc(C(=O)O)c2O)c1O. The molecule has 0 fully saturated rings. The molecule has 0 atom stereocenters. The predicted octanol–water partition coefficient (Wildman–Crippen LogP) is 3.81. The highest BCUT2D eigenvalue weighted by atomic mass is 32.3. The Hall–Kier alpha value is -4.12. The maximum atomic E-state index is 12.7. The van der Waals surface area contributed by atoms with Gasteiger partial charge in [-0.15, -0.1) is 22.7 Å². The van der Waals surface area contributed by atoms with E-state index in [-0.39, 0.29) is 30.9 Å². The van der Waals surface area contributed by atoms with E-state index in [1.54, 1.807) is 0 Å². The van der Waals surface area contributed by atoms with E-state index in [0.717, 1.165) is 46.9 Å². The lowest BCUT2D eigenvalue weighted by Crippen LogP contribution is -2.13. The number of aromatic carboxylic acids is 2. The Labute approximate surface area is 229 Å². The van der Waals surface area contributed by atoms with E-state index < -0.39 is 61.0 Å². The van der Waals surface area contributed by atoms with Crippen molar-refractivity contribution in [3.05, 3.63) is 81.5 Å². The van der Waals surface area contributed by atoms with Gasteiger partial charge in [0.25, 0.3) is 20.0 Å². The Kier molecular flexibility index (Phi) is 7.56. The summed E-state index contributed by atoms with van der Waals surface area (Å²) in [7, 11) is -8.20. The molecule has 0 aliphatic rings. The number of aromatic hydroxyl groups is 2. The molecule has 2 aromatic carbocycles. The van der Waals surface area contributed by atoms with Gasteiger partial charge in [-0.05, 0) is 47.2 Å². The molecule has 204 valence electrons. The fourth-order valence-electron chi connectivity index (χ4n) is 3.55. The predicted molar refractivity (Wildman–Crippen MR) is 143 cm³/mol. The molecule has 0 amide bonds. The summed E-state index contributed by atoms with van der Waals surface area (Å²) in [5, 5.41) is 43.4. The zero-order valence-electron chi connectivity index (χ0n) is 19.4. The third kappa shape index (κ3) is 5.98. The average molecular weight is 611 g/mol. The number of hydrogen-bond donors (Lipinski definition) is 6. The van der Waals surface area contributed by atoms with Gasteiger partial charge in [0.2, 0.25) is 0 Å². The smallest absolute Gasteiger partial charge is 0.339 e. The minimum absolute atomic E-state index is 0.0523. The lowest BCUT2D eigenvalue weighted by atomic mass is 9.97. The standard InChI is InChI=1S/C23H18N2O10S4/c26-20-12(8-14(10-16(20)22(28)29)24-38(32,33)18-3-1-5-36-18)7-13-9-15(11-17(21(13)27)23(30)31)25-39(34,35)19-4-2-6-37-19/h1-6,8-11,24-27H,7H2,(H,28,29)(H,30,31). The maximum Gasteiger partial charge on any atom is 0.339 e. The van der Waals surface area contributed by atoms with Gasteiger partial charge in [-0.3, -0.25) is 9.44 Å². The summed E-state index contributed by atoms with van der Waals surface area (Å²) >= 11 is 1.84. The molecule has 6 N–H and O–H groups in total. The van der Waals surface area contributed by atoms with Crippen molar-refractivity contribution in [3.8, 4) is 11.5 Å². The number of hydrogen-bond acceptors (Lipinski definition) is 10. The maximum absolute atomic E-state index is 12.7. The van der Waals surface area contributed by atoms with Crippen LogP contribution in [0.1, 0.15) is 31.8 Å². The van der Waals surface area contributed by atoms with Crippen LogP contribution in [-0.2, 0) is 26.5 Å². The van der Waals surface area contributed by atoms with Crippen molar-refractivity contribution in [1.29, 1.82) is 0 Å². The van der Waals surface area contributed by atoms with Crippen LogP contribution in [0.15, 0.2) is 67.7 Å². The molecular formula is C23H18N2O10S4. The third-order valence-corrected chi connectivity index (χ3v) is 10.8. The monoisotopic (exact) mass is 610 g/mol. The molecule has 0 aliphatic carbocycles. The van der Waals surface area contributed by atoms with E-state index in [0.29, 0.717) is 0 Å². The van der Waals surface area contributed by atoms with Gasteiger partial charge in [0.1, 0.15) is 31.0 Å². The Morgan fingerprint density at radius 2 is 1.08 bits per heavy atom. The van der Waals surface area contributed by atoms with Gasteiger partial charge in [-0.25, -0.2) is 26.4 Å². The normalized spacial score (nSPS) is 11.7. The average Bonchev–Trinajstić information content (AvgIpc) is 3.57. The van der Waals surface area contributed by atoms with Crippen molar-refractivity contribution in [3.63, 3.8) is 0 Å². The van der Waals surface area contributed by atoms with E-state index in [4.69, 9.17) is 0 Å². The lowest BCUT2D eigenvalue weighted by molar-refractivity contribution is 0.0682. The zero-order chi connectivity index (χ0) is 28.5. The summed E-state index contributed by atoms with van der Waals surface area (Å²) in [5.74, 6) is -4.69. The van der Waals surface area contributed by atoms with Crippen molar-refractivity contribution in [2.24, 2.45) is 0 Å². The molecule has 0 saturated carbocycles. The highest BCUT2D eigenvalue weighted by Crippen LogP contribution is 2.35. The largest absolute Gasteiger partial charge is 0.507 e. The second-order valence-corrected chi connectivity index (χ2v) is 13.6. The van der Waals surface area contributed by atoms with Crippen LogP contribution in [0.2, 0.25) is 0 Å². The van der Waals surface area contributed by atoms with Crippen LogP contribution in [0.4, 0.5) is 11.4 Å². The quantitative estimate of drug-likeness (QED) is 0.143. The fourth-order valence-corrected chi connectivity index (χ4v) is 7.62. The summed E-state index contributed by atoms with van der Waals surface area (Å²) < 4.78 is 55.0. The molecule has 0 unspecified atom stereocenters. The van der Waals surface area contributed by atoms with E-state index in [1.807, 2.05) is 0 Å². The molecule has 0 radical (unpaired) electrons. The number of anilines is 2. The first-order valence-electron chi connectivity index (χ1n) is 10.6. The van der Waals surface area contributed by atoms with Crippen LogP contribution in [0.25, 0.3) is 0 Å². The molecule has 16 heteroatoms. The minimum atomic E-state index is -4.10. The molecule has 12 nitrogen and oxygen atoms in total. The van der Waals surface area contributed by atoms with Crippen molar-refractivity contribution < 1.29 is 46.9 Å². The Morgan fingerprint density at radius 1 is 0.692 bits per heavy atom. The molecule has 0 bridgehead atoms. The number of nitrogens with one attached hydrogen (secondary N) is 2. The zero-order valence-corrected chi connectivity index (χ0v) is 22.6. The van der Waals surface area contributed by atoms with Crippen molar-refractivity contribution >= 4 is 66.0 Å². The number of benzene rings is 2. The highest BCUT2D eigenvalue weighted by Gasteiger charge is 2.24. The van der Waals surface area contributed by atoms with Gasteiger partial charge >= 0.3 is 11.9 Å². The highest BCUT2D eigenvalue weighted by molar-refractivity contribution is 7.95. The van der Waals surface area contributed by atoms with Gasteiger partial charge in [0.15, 0.2) is 0 Å². The van der Waals surface area contributed by atoms with Crippen LogP contribution < -0.4 is 9.44 Å². The summed E-state index contributed by atoms with van der Waals surface area (Å²) in [6, 6.07) is 9.73. The summed E-state index contributed by atoms with van der Waals surface area (Å²) in [6.45, 7) is 0. The first-order chi connectivity index (χ1) is 18.3. The number of rotatable bonds is 10. The molecular weight excluding hydrogens is 593 g/mol. The van der Waals surface area contributed by atoms with Gasteiger partial charge in [-0.1, -0.05) is 12.1 Å². The minimum Gasteiger partial charge on any atom is -0.507 e. The van der Waals surface area contributed by atoms with Crippen LogP contribution in [0.5, 0.6) is 11.5 Å². The first kappa shape index (κ1) is 27.9. The second-order valence-electron chi connectivity index (χ2n) is 7.93. The van der Waals surface area contributed by atoms with Gasteiger partial charge < -0.3 is 20.4 Å². The lowest BCUT2D eigenvalue weighted by Gasteiger charge is -2.15. The molecule has 0 saturated heterocycles. The van der Waals surface area contributed by atoms with Gasteiger partial charge in [0.05, 0.1) is 11.4 Å². The Balaban J connectivity index is 1.79. The molecule has 4 rings (SSSR count). The molecule has 2 aromatic heterocycles. The molecule has 2 heterocycles. The number of sulfonamides is 2. The van der Waals surface area contributed by atoms with Crippen LogP contribution in [-0.4, -0.2) is 49.2 Å². The number of phenols is 2. The topological polar surface area (TPSA) is 207 Å². The molecule has 0 spiro atoms. The van der Waals surface area contributed by atoms with Crippen molar-refractivity contribution in [2.75, 3.05) is 9.44 Å². The van der Waals surface area contributed by atoms with Crippen LogP contribution >= 0.6 is 22.7 Å². The third-order valence-electron chi connectivity index (χ3n) is 5.24. The van der Waals surface area contributed by atoms with E-state index in [2.05, 4.69) is 9.44 Å². The number of carboxylic acids is 2. The summed E-state index contributed by atoms with van der Waals surface area (Å²) in [6.07, 6.45) is -0.499. The summed E-state index contributed by atoms with van der Waals surface area (Å²) in [5.41, 5.74) is -2.15. The number of thiophene rings is 2. The van der Waals surface area contributed by atoms with E-state index in [1.165, 1.54) is 35.0 Å². The van der Waals surface area contributed by atoms with Crippen molar-refractivity contribution in [2.45, 2.75) is 14.8 Å². The second kappa shape index (κ2) is 10.6. The fraction of sp³-hybridized carbons (Fsp3) is 0.0435. The molecule has 39 heavy (non-hydrogen) atoms. The van der Waals surface area contributed by atoms with Gasteiger partial charge in [0, 0.05) is 17.5 Å². The summed E-state index contributed by atoms with van der Waals surface area (Å²) in [4.78, 5) is 23.5.